The topological polar surface area (TPSA) is 38.4 Å². The number of allylic oxidation sites excluding steroid dienone is 1. The summed E-state index contributed by atoms with van der Waals surface area (Å²) >= 11 is 0. The van der Waals surface area contributed by atoms with Gasteiger partial charge in [-0.1, -0.05) is 6.08 Å². The molecule has 0 aromatic rings. The molecule has 0 aliphatic heterocycles. The highest BCUT2D eigenvalue weighted by atomic mass is 14.7. The fourth-order valence-corrected chi connectivity index (χ4v) is 0.314. The minimum absolute atomic E-state index is 0.658. The van der Waals surface area contributed by atoms with Crippen LogP contribution in [0.4, 0.5) is 0 Å². The highest BCUT2D eigenvalue weighted by Crippen LogP contribution is 1.81. The second kappa shape index (κ2) is 5.09. The van der Waals surface area contributed by atoms with Crippen molar-refractivity contribution in [3.8, 4) is 0 Å². The SMILES string of the molecule is C=CCN=CC(C)=CN. The van der Waals surface area contributed by atoms with Gasteiger partial charge in [0.1, 0.15) is 0 Å². The van der Waals surface area contributed by atoms with Crippen molar-refractivity contribution in [2.45, 2.75) is 6.92 Å². The molecule has 0 aliphatic rings. The summed E-state index contributed by atoms with van der Waals surface area (Å²) in [6, 6.07) is 0. The molecule has 50 valence electrons. The van der Waals surface area contributed by atoms with E-state index in [2.05, 4.69) is 11.6 Å². The van der Waals surface area contributed by atoms with Crippen LogP contribution in [0, 0.1) is 0 Å². The summed E-state index contributed by atoms with van der Waals surface area (Å²) in [7, 11) is 0. The lowest BCUT2D eigenvalue weighted by Crippen LogP contribution is -1.85. The van der Waals surface area contributed by atoms with Crippen LogP contribution in [0.3, 0.4) is 0 Å². The zero-order chi connectivity index (χ0) is 7.11. The molecule has 2 heteroatoms. The maximum Gasteiger partial charge on any atom is 0.0567 e. The first-order chi connectivity index (χ1) is 4.31. The van der Waals surface area contributed by atoms with Gasteiger partial charge in [-0.25, -0.2) is 0 Å². The Morgan fingerprint density at radius 1 is 1.78 bits per heavy atom. The quantitative estimate of drug-likeness (QED) is 0.444. The van der Waals surface area contributed by atoms with Gasteiger partial charge in [-0.2, -0.15) is 0 Å². The van der Waals surface area contributed by atoms with Crippen LogP contribution in [-0.4, -0.2) is 12.8 Å². The molecule has 0 atom stereocenters. The van der Waals surface area contributed by atoms with Crippen LogP contribution in [0.25, 0.3) is 0 Å². The first-order valence-electron chi connectivity index (χ1n) is 2.80. The second-order valence-corrected chi connectivity index (χ2v) is 1.69. The first-order valence-corrected chi connectivity index (χ1v) is 2.80. The van der Waals surface area contributed by atoms with E-state index in [1.807, 2.05) is 6.92 Å². The fourth-order valence-electron chi connectivity index (χ4n) is 0.314. The predicted octanol–water partition coefficient (Wildman–Crippen LogP) is 1.11. The van der Waals surface area contributed by atoms with Crippen molar-refractivity contribution in [3.05, 3.63) is 24.4 Å². The molecule has 2 nitrogen and oxygen atoms in total. The molecule has 0 aromatic carbocycles. The highest BCUT2D eigenvalue weighted by molar-refractivity contribution is 5.77. The van der Waals surface area contributed by atoms with Gasteiger partial charge < -0.3 is 5.73 Å². The van der Waals surface area contributed by atoms with E-state index in [0.29, 0.717) is 6.54 Å². The maximum absolute atomic E-state index is 5.18. The molecule has 0 bridgehead atoms. The average molecular weight is 124 g/mol. The van der Waals surface area contributed by atoms with Crippen molar-refractivity contribution in [1.29, 1.82) is 0 Å². The van der Waals surface area contributed by atoms with E-state index in [4.69, 9.17) is 5.73 Å². The molecule has 0 heterocycles. The van der Waals surface area contributed by atoms with Crippen molar-refractivity contribution in [2.75, 3.05) is 6.54 Å². The van der Waals surface area contributed by atoms with Crippen LogP contribution in [0.1, 0.15) is 6.92 Å². The van der Waals surface area contributed by atoms with Crippen molar-refractivity contribution in [3.63, 3.8) is 0 Å². The molecule has 0 amide bonds. The Kier molecular flexibility index (Phi) is 4.50. The number of aliphatic imine (C=N–C) groups is 1. The predicted molar refractivity (Wildman–Crippen MR) is 41.5 cm³/mol. The van der Waals surface area contributed by atoms with Crippen LogP contribution in [0.5, 0.6) is 0 Å². The smallest absolute Gasteiger partial charge is 0.0567 e. The Labute approximate surface area is 55.8 Å². The van der Waals surface area contributed by atoms with Crippen LogP contribution in [0.15, 0.2) is 29.4 Å². The van der Waals surface area contributed by atoms with E-state index >= 15 is 0 Å². The lowest BCUT2D eigenvalue weighted by Gasteiger charge is -1.84. The molecule has 0 aliphatic carbocycles. The summed E-state index contributed by atoms with van der Waals surface area (Å²) in [6.07, 6.45) is 4.98. The van der Waals surface area contributed by atoms with E-state index < -0.39 is 0 Å². The van der Waals surface area contributed by atoms with E-state index in [-0.39, 0.29) is 0 Å². The molecular weight excluding hydrogens is 112 g/mol. The molecule has 0 fully saturated rings. The second-order valence-electron chi connectivity index (χ2n) is 1.69. The summed E-state index contributed by atoms with van der Waals surface area (Å²) in [6.45, 7) is 6.07. The van der Waals surface area contributed by atoms with Crippen LogP contribution in [-0.2, 0) is 0 Å². The molecule has 0 aromatic heterocycles. The normalized spacial score (nSPS) is 12.3. The number of rotatable bonds is 3. The molecule has 0 rings (SSSR count). The lowest BCUT2D eigenvalue weighted by molar-refractivity contribution is 1.26. The van der Waals surface area contributed by atoms with Crippen LogP contribution in [0.2, 0.25) is 0 Å². The minimum atomic E-state index is 0.658. The van der Waals surface area contributed by atoms with Gasteiger partial charge in [0.2, 0.25) is 0 Å². The van der Waals surface area contributed by atoms with Crippen molar-refractivity contribution >= 4 is 6.21 Å². The third-order valence-corrected chi connectivity index (χ3v) is 0.792. The molecule has 0 saturated heterocycles. The molecule has 0 unspecified atom stereocenters. The Bertz CT molecular complexity index is 134. The first kappa shape index (κ1) is 7.95. The Morgan fingerprint density at radius 3 is 2.89 bits per heavy atom. The Hall–Kier alpha value is -1.05. The van der Waals surface area contributed by atoms with E-state index in [9.17, 15) is 0 Å². The number of hydrogen-bond acceptors (Lipinski definition) is 2. The zero-order valence-corrected chi connectivity index (χ0v) is 5.67. The Balaban J connectivity index is 3.56. The third-order valence-electron chi connectivity index (χ3n) is 0.792. The van der Waals surface area contributed by atoms with Gasteiger partial charge in [0.25, 0.3) is 0 Å². The van der Waals surface area contributed by atoms with Gasteiger partial charge in [0.05, 0.1) is 6.54 Å². The molecule has 0 saturated carbocycles. The largest absolute Gasteiger partial charge is 0.404 e. The average Bonchev–Trinajstić information content (AvgIpc) is 1.89. The van der Waals surface area contributed by atoms with Gasteiger partial charge in [0, 0.05) is 6.21 Å². The summed E-state index contributed by atoms with van der Waals surface area (Å²) in [5.74, 6) is 0. The van der Waals surface area contributed by atoms with E-state index in [0.717, 1.165) is 5.57 Å². The summed E-state index contributed by atoms with van der Waals surface area (Å²) < 4.78 is 0. The standard InChI is InChI=1S/C7H12N2/c1-3-4-9-6-7(2)5-8/h3,5-6H,1,4,8H2,2H3. The van der Waals surface area contributed by atoms with Gasteiger partial charge in [-0.3, -0.25) is 4.99 Å². The van der Waals surface area contributed by atoms with Gasteiger partial charge in [-0.05, 0) is 18.7 Å². The monoisotopic (exact) mass is 124 g/mol. The maximum atomic E-state index is 5.18. The van der Waals surface area contributed by atoms with E-state index in [1.165, 1.54) is 6.20 Å². The highest BCUT2D eigenvalue weighted by Gasteiger charge is 1.74. The number of hydrogen-bond donors (Lipinski definition) is 1. The summed E-state index contributed by atoms with van der Waals surface area (Å²) in [5, 5.41) is 0. The lowest BCUT2D eigenvalue weighted by atomic mass is 10.4. The van der Waals surface area contributed by atoms with Crippen molar-refractivity contribution in [1.82, 2.24) is 0 Å². The van der Waals surface area contributed by atoms with Crippen molar-refractivity contribution < 1.29 is 0 Å². The van der Waals surface area contributed by atoms with Crippen LogP contribution < -0.4 is 5.73 Å². The van der Waals surface area contributed by atoms with Gasteiger partial charge in [-0.15, -0.1) is 6.58 Å². The summed E-state index contributed by atoms with van der Waals surface area (Å²) in [4.78, 5) is 3.97. The molecular formula is C7H12N2. The van der Waals surface area contributed by atoms with Crippen LogP contribution >= 0.6 is 0 Å². The third kappa shape index (κ3) is 4.81. The Morgan fingerprint density at radius 2 is 2.44 bits per heavy atom. The number of nitrogens with two attached hydrogens (primary N) is 1. The number of nitrogens with zero attached hydrogens (tertiary/aromatic N) is 1. The molecule has 9 heavy (non-hydrogen) atoms. The zero-order valence-electron chi connectivity index (χ0n) is 5.67. The van der Waals surface area contributed by atoms with Gasteiger partial charge in [0.15, 0.2) is 0 Å². The minimum Gasteiger partial charge on any atom is -0.404 e. The summed E-state index contributed by atoms with van der Waals surface area (Å²) in [5.41, 5.74) is 6.14. The fraction of sp³-hybridized carbons (Fsp3) is 0.286. The molecule has 0 radical (unpaired) electrons. The molecule has 2 N–H and O–H groups in total. The van der Waals surface area contributed by atoms with Crippen molar-refractivity contribution in [2.24, 2.45) is 10.7 Å². The molecule has 0 spiro atoms. The van der Waals surface area contributed by atoms with E-state index in [1.54, 1.807) is 12.3 Å². The van der Waals surface area contributed by atoms with Gasteiger partial charge >= 0.3 is 0 Å².